The van der Waals surface area contributed by atoms with E-state index < -0.39 is 12.1 Å². The number of hydrogen-bond acceptors (Lipinski definition) is 5. The van der Waals surface area contributed by atoms with E-state index in [1.165, 1.54) is 10.9 Å². The molecule has 0 saturated heterocycles. The van der Waals surface area contributed by atoms with Crippen LogP contribution >= 0.6 is 11.6 Å². The Morgan fingerprint density at radius 1 is 1.55 bits per heavy atom. The Labute approximate surface area is 120 Å². The maximum absolute atomic E-state index is 11.4. The Bertz CT molecular complexity index is 600. The molecule has 0 fully saturated rings. The summed E-state index contributed by atoms with van der Waals surface area (Å²) in [6.45, 7) is 2.16. The van der Waals surface area contributed by atoms with Crippen LogP contribution in [0.4, 0.5) is 0 Å². The van der Waals surface area contributed by atoms with E-state index in [-0.39, 0.29) is 18.8 Å². The number of carbonyl (C=O) groups is 1. The fraction of sp³-hybridized carbons (Fsp3) is 0.308. The second-order valence-corrected chi connectivity index (χ2v) is 4.55. The zero-order valence-corrected chi connectivity index (χ0v) is 11.6. The van der Waals surface area contributed by atoms with Crippen LogP contribution in [0.15, 0.2) is 30.5 Å². The van der Waals surface area contributed by atoms with Crippen LogP contribution in [0.2, 0.25) is 5.02 Å². The molecule has 2 aromatic rings. The van der Waals surface area contributed by atoms with Crippen molar-refractivity contribution < 1.29 is 14.6 Å². The highest BCUT2D eigenvalue weighted by Crippen LogP contribution is 2.18. The molecule has 20 heavy (non-hydrogen) atoms. The molecule has 106 valence electrons. The van der Waals surface area contributed by atoms with Gasteiger partial charge in [-0.25, -0.2) is 9.48 Å². The summed E-state index contributed by atoms with van der Waals surface area (Å²) in [5.74, 6) is -0.531. The van der Waals surface area contributed by atoms with Gasteiger partial charge in [0.1, 0.15) is 0 Å². The molecule has 0 aliphatic carbocycles. The quantitative estimate of drug-likeness (QED) is 0.852. The molecule has 0 amide bonds. The Balaban J connectivity index is 2.05. The van der Waals surface area contributed by atoms with Crippen molar-refractivity contribution in [3.8, 4) is 0 Å². The van der Waals surface area contributed by atoms with Gasteiger partial charge in [0, 0.05) is 5.02 Å². The van der Waals surface area contributed by atoms with Crippen molar-refractivity contribution in [3.63, 3.8) is 0 Å². The lowest BCUT2D eigenvalue weighted by Gasteiger charge is -2.10. The molecule has 1 aromatic heterocycles. The highest BCUT2D eigenvalue weighted by molar-refractivity contribution is 6.30. The minimum atomic E-state index is -0.787. The number of nitrogens with zero attached hydrogens (tertiary/aromatic N) is 3. The lowest BCUT2D eigenvalue weighted by atomic mass is 10.1. The topological polar surface area (TPSA) is 77.2 Å². The van der Waals surface area contributed by atoms with Crippen LogP contribution in [-0.2, 0) is 11.3 Å². The summed E-state index contributed by atoms with van der Waals surface area (Å²) in [7, 11) is 0. The fourth-order valence-corrected chi connectivity index (χ4v) is 1.88. The van der Waals surface area contributed by atoms with Crippen LogP contribution in [0.5, 0.6) is 0 Å². The van der Waals surface area contributed by atoms with Gasteiger partial charge in [-0.3, -0.25) is 0 Å². The maximum Gasteiger partial charge on any atom is 0.360 e. The minimum absolute atomic E-state index is 0.116. The second-order valence-electron chi connectivity index (χ2n) is 4.12. The van der Waals surface area contributed by atoms with E-state index in [0.29, 0.717) is 10.6 Å². The first-order valence-electron chi connectivity index (χ1n) is 6.11. The first-order valence-corrected chi connectivity index (χ1v) is 6.48. The van der Waals surface area contributed by atoms with Gasteiger partial charge in [-0.15, -0.1) is 5.10 Å². The van der Waals surface area contributed by atoms with Gasteiger partial charge in [-0.2, -0.15) is 0 Å². The van der Waals surface area contributed by atoms with E-state index in [0.717, 1.165) is 0 Å². The molecule has 0 bridgehead atoms. The molecule has 1 atom stereocenters. The van der Waals surface area contributed by atoms with E-state index in [2.05, 4.69) is 10.3 Å². The van der Waals surface area contributed by atoms with E-state index in [1.54, 1.807) is 31.2 Å². The second kappa shape index (κ2) is 6.49. The van der Waals surface area contributed by atoms with Gasteiger partial charge in [0.05, 0.1) is 25.5 Å². The highest BCUT2D eigenvalue weighted by Gasteiger charge is 2.14. The summed E-state index contributed by atoms with van der Waals surface area (Å²) in [6, 6.07) is 6.92. The van der Waals surface area contributed by atoms with Gasteiger partial charge in [0.25, 0.3) is 0 Å². The van der Waals surface area contributed by atoms with Crippen molar-refractivity contribution in [1.29, 1.82) is 0 Å². The first-order chi connectivity index (χ1) is 9.60. The monoisotopic (exact) mass is 295 g/mol. The van der Waals surface area contributed by atoms with Crippen LogP contribution in [0.25, 0.3) is 0 Å². The number of rotatable bonds is 5. The third-order valence-electron chi connectivity index (χ3n) is 2.62. The van der Waals surface area contributed by atoms with Crippen molar-refractivity contribution in [1.82, 2.24) is 15.0 Å². The molecule has 0 saturated carbocycles. The zero-order valence-electron chi connectivity index (χ0n) is 10.9. The molecule has 1 heterocycles. The van der Waals surface area contributed by atoms with Crippen LogP contribution in [-0.4, -0.2) is 32.7 Å². The number of esters is 1. The lowest BCUT2D eigenvalue weighted by Crippen LogP contribution is -2.09. The Morgan fingerprint density at radius 3 is 3.05 bits per heavy atom. The molecule has 2 rings (SSSR count). The highest BCUT2D eigenvalue weighted by atomic mass is 35.5. The van der Waals surface area contributed by atoms with Crippen molar-refractivity contribution >= 4 is 17.6 Å². The van der Waals surface area contributed by atoms with Gasteiger partial charge in [-0.05, 0) is 24.6 Å². The molecule has 7 heteroatoms. The molecule has 1 unspecified atom stereocenters. The maximum atomic E-state index is 11.4. The summed E-state index contributed by atoms with van der Waals surface area (Å²) < 4.78 is 6.20. The summed E-state index contributed by atoms with van der Waals surface area (Å²) in [6.07, 6.45) is 0.650. The SMILES string of the molecule is CCOC(=O)c1cn(CC(O)c2cccc(Cl)c2)nn1. The number of aliphatic hydroxyl groups is 1. The van der Waals surface area contributed by atoms with Gasteiger partial charge in [0.15, 0.2) is 5.69 Å². The average Bonchev–Trinajstić information content (AvgIpc) is 2.87. The predicted molar refractivity (Wildman–Crippen MR) is 72.4 cm³/mol. The van der Waals surface area contributed by atoms with Crippen LogP contribution in [0.3, 0.4) is 0 Å². The molecule has 0 spiro atoms. The van der Waals surface area contributed by atoms with Crippen LogP contribution < -0.4 is 0 Å². The largest absolute Gasteiger partial charge is 0.461 e. The normalized spacial score (nSPS) is 12.2. The third kappa shape index (κ3) is 3.55. The Morgan fingerprint density at radius 2 is 2.35 bits per heavy atom. The van der Waals surface area contributed by atoms with E-state index >= 15 is 0 Å². The van der Waals surface area contributed by atoms with Gasteiger partial charge in [-0.1, -0.05) is 28.9 Å². The minimum Gasteiger partial charge on any atom is -0.461 e. The lowest BCUT2D eigenvalue weighted by molar-refractivity contribution is 0.0519. The van der Waals surface area contributed by atoms with Gasteiger partial charge >= 0.3 is 5.97 Å². The van der Waals surface area contributed by atoms with Crippen LogP contribution in [0, 0.1) is 0 Å². The summed E-state index contributed by atoms with van der Waals surface area (Å²) in [5, 5.41) is 18.1. The number of aliphatic hydroxyl groups excluding tert-OH is 1. The molecule has 0 radical (unpaired) electrons. The molecule has 1 aromatic carbocycles. The molecule has 0 aliphatic heterocycles. The van der Waals surface area contributed by atoms with Crippen LogP contribution in [0.1, 0.15) is 29.1 Å². The molecule has 1 N–H and O–H groups in total. The van der Waals surface area contributed by atoms with Crippen molar-refractivity contribution in [2.75, 3.05) is 6.61 Å². The summed E-state index contributed by atoms with van der Waals surface area (Å²) in [4.78, 5) is 11.4. The number of halogens is 1. The van der Waals surface area contributed by atoms with Crippen molar-refractivity contribution in [3.05, 3.63) is 46.7 Å². The fourth-order valence-electron chi connectivity index (χ4n) is 1.68. The zero-order chi connectivity index (χ0) is 14.5. The standard InChI is InChI=1S/C13H14ClN3O3/c1-2-20-13(19)11-7-17(16-15-11)8-12(18)9-4-3-5-10(14)6-9/h3-7,12,18H,2,8H2,1H3. The molecular formula is C13H14ClN3O3. The number of benzene rings is 1. The van der Waals surface area contributed by atoms with Gasteiger partial charge < -0.3 is 9.84 Å². The van der Waals surface area contributed by atoms with E-state index in [9.17, 15) is 9.90 Å². The smallest absolute Gasteiger partial charge is 0.360 e. The van der Waals surface area contributed by atoms with Crippen molar-refractivity contribution in [2.45, 2.75) is 19.6 Å². The number of ether oxygens (including phenoxy) is 1. The van der Waals surface area contributed by atoms with Gasteiger partial charge in [0.2, 0.25) is 0 Å². The molecule has 6 nitrogen and oxygen atoms in total. The first kappa shape index (κ1) is 14.5. The predicted octanol–water partition coefficient (Wildman–Crippen LogP) is 1.84. The van der Waals surface area contributed by atoms with E-state index in [4.69, 9.17) is 16.3 Å². The third-order valence-corrected chi connectivity index (χ3v) is 2.85. The number of hydrogen-bond donors (Lipinski definition) is 1. The van der Waals surface area contributed by atoms with Crippen molar-refractivity contribution in [2.24, 2.45) is 0 Å². The molecular weight excluding hydrogens is 282 g/mol. The summed E-state index contributed by atoms with van der Waals surface area (Å²) in [5.41, 5.74) is 0.788. The Kier molecular flexibility index (Phi) is 4.70. The number of carbonyl (C=O) groups excluding carboxylic acids is 1. The number of aromatic nitrogens is 3. The van der Waals surface area contributed by atoms with E-state index in [1.807, 2.05) is 0 Å². The Hall–Kier alpha value is -1.92. The molecule has 0 aliphatic rings. The average molecular weight is 296 g/mol. The summed E-state index contributed by atoms with van der Waals surface area (Å²) >= 11 is 5.87.